The minimum Gasteiger partial charge on any atom is -0.349 e. The van der Waals surface area contributed by atoms with E-state index in [1.54, 1.807) is 0 Å². The van der Waals surface area contributed by atoms with Crippen LogP contribution in [0.2, 0.25) is 0 Å². The van der Waals surface area contributed by atoms with Crippen molar-refractivity contribution >= 4 is 5.91 Å². The lowest BCUT2D eigenvalue weighted by Crippen LogP contribution is -2.41. The number of benzene rings is 1. The Morgan fingerprint density at radius 1 is 1.18 bits per heavy atom. The Morgan fingerprint density at radius 3 is 2.47 bits per heavy atom. The molecule has 1 unspecified atom stereocenters. The third-order valence-electron chi connectivity index (χ3n) is 3.74. The van der Waals surface area contributed by atoms with E-state index in [2.05, 4.69) is 12.2 Å². The fraction of sp³-hybridized carbons (Fsp3) is 0.533. The van der Waals surface area contributed by atoms with Gasteiger partial charge in [0, 0.05) is 11.6 Å². The second-order valence-corrected chi connectivity index (χ2v) is 5.21. The van der Waals surface area contributed by atoms with E-state index in [0.717, 1.165) is 12.0 Å². The SMILES string of the molecule is Cc1ccc(C(=O)NC2CCCC[C@H]2C)cc1. The van der Waals surface area contributed by atoms with Gasteiger partial charge in [-0.25, -0.2) is 0 Å². The predicted octanol–water partition coefficient (Wildman–Crippen LogP) is 3.30. The largest absolute Gasteiger partial charge is 0.349 e. The minimum absolute atomic E-state index is 0.0729. The van der Waals surface area contributed by atoms with Crippen LogP contribution in [0.5, 0.6) is 0 Å². The number of amides is 1. The van der Waals surface area contributed by atoms with Gasteiger partial charge in [0.25, 0.3) is 5.91 Å². The number of carbonyl (C=O) groups is 1. The molecule has 2 rings (SSSR count). The molecular formula is C15H21NO. The summed E-state index contributed by atoms with van der Waals surface area (Å²) < 4.78 is 0. The molecular weight excluding hydrogens is 210 g/mol. The van der Waals surface area contributed by atoms with Crippen molar-refractivity contribution in [3.05, 3.63) is 35.4 Å². The van der Waals surface area contributed by atoms with E-state index >= 15 is 0 Å². The highest BCUT2D eigenvalue weighted by molar-refractivity contribution is 5.94. The summed E-state index contributed by atoms with van der Waals surface area (Å²) >= 11 is 0. The topological polar surface area (TPSA) is 29.1 Å². The zero-order valence-corrected chi connectivity index (χ0v) is 10.7. The third-order valence-corrected chi connectivity index (χ3v) is 3.74. The number of aryl methyl sites for hydroxylation is 1. The fourth-order valence-electron chi connectivity index (χ4n) is 2.49. The first-order valence-corrected chi connectivity index (χ1v) is 6.54. The smallest absolute Gasteiger partial charge is 0.251 e. The number of carbonyl (C=O) groups excluding carboxylic acids is 1. The molecule has 0 radical (unpaired) electrons. The lowest BCUT2D eigenvalue weighted by molar-refractivity contribution is 0.0910. The Hall–Kier alpha value is -1.31. The maximum atomic E-state index is 12.1. The van der Waals surface area contributed by atoms with Gasteiger partial charge in [0.15, 0.2) is 0 Å². The highest BCUT2D eigenvalue weighted by atomic mass is 16.1. The lowest BCUT2D eigenvalue weighted by atomic mass is 9.86. The monoisotopic (exact) mass is 231 g/mol. The molecule has 92 valence electrons. The lowest BCUT2D eigenvalue weighted by Gasteiger charge is -2.29. The summed E-state index contributed by atoms with van der Waals surface area (Å²) in [5.74, 6) is 0.682. The summed E-state index contributed by atoms with van der Waals surface area (Å²) in [7, 11) is 0. The van der Waals surface area contributed by atoms with E-state index in [-0.39, 0.29) is 5.91 Å². The van der Waals surface area contributed by atoms with Crippen molar-refractivity contribution in [1.82, 2.24) is 5.32 Å². The maximum absolute atomic E-state index is 12.1. The predicted molar refractivity (Wildman–Crippen MR) is 70.1 cm³/mol. The van der Waals surface area contributed by atoms with Crippen LogP contribution in [-0.2, 0) is 0 Å². The maximum Gasteiger partial charge on any atom is 0.251 e. The van der Waals surface area contributed by atoms with Crippen LogP contribution in [-0.4, -0.2) is 11.9 Å². The number of hydrogen-bond donors (Lipinski definition) is 1. The van der Waals surface area contributed by atoms with Crippen molar-refractivity contribution in [3.63, 3.8) is 0 Å². The first-order valence-electron chi connectivity index (χ1n) is 6.54. The van der Waals surface area contributed by atoms with E-state index in [4.69, 9.17) is 0 Å². The summed E-state index contributed by atoms with van der Waals surface area (Å²) in [6.07, 6.45) is 4.90. The molecule has 0 bridgehead atoms. The van der Waals surface area contributed by atoms with Gasteiger partial charge < -0.3 is 5.32 Å². The molecule has 0 heterocycles. The van der Waals surface area contributed by atoms with Gasteiger partial charge in [-0.3, -0.25) is 4.79 Å². The van der Waals surface area contributed by atoms with Crippen LogP contribution in [0.1, 0.15) is 48.5 Å². The molecule has 1 N–H and O–H groups in total. The molecule has 1 saturated carbocycles. The zero-order chi connectivity index (χ0) is 12.3. The second-order valence-electron chi connectivity index (χ2n) is 5.21. The molecule has 1 aliphatic rings. The van der Waals surface area contributed by atoms with Crippen LogP contribution in [0.3, 0.4) is 0 Å². The molecule has 1 fully saturated rings. The standard InChI is InChI=1S/C15H21NO/c1-11-7-9-13(10-8-11)15(17)16-14-6-4-3-5-12(14)2/h7-10,12,14H,3-6H2,1-2H3,(H,16,17)/t12-,14?/m1/s1. The molecule has 17 heavy (non-hydrogen) atoms. The van der Waals surface area contributed by atoms with Crippen molar-refractivity contribution in [2.75, 3.05) is 0 Å². The molecule has 0 aliphatic heterocycles. The van der Waals surface area contributed by atoms with Gasteiger partial charge in [-0.2, -0.15) is 0 Å². The van der Waals surface area contributed by atoms with Crippen molar-refractivity contribution in [1.29, 1.82) is 0 Å². The van der Waals surface area contributed by atoms with Gasteiger partial charge in [-0.1, -0.05) is 37.5 Å². The molecule has 2 nitrogen and oxygen atoms in total. The van der Waals surface area contributed by atoms with Crippen LogP contribution < -0.4 is 5.32 Å². The molecule has 0 spiro atoms. The van der Waals surface area contributed by atoms with Crippen molar-refractivity contribution in [3.8, 4) is 0 Å². The molecule has 1 amide bonds. The average molecular weight is 231 g/mol. The zero-order valence-electron chi connectivity index (χ0n) is 10.7. The van der Waals surface area contributed by atoms with Gasteiger partial charge >= 0.3 is 0 Å². The molecule has 2 heteroatoms. The van der Waals surface area contributed by atoms with Gasteiger partial charge in [-0.15, -0.1) is 0 Å². The summed E-state index contributed by atoms with van der Waals surface area (Å²) in [4.78, 5) is 12.1. The Morgan fingerprint density at radius 2 is 1.82 bits per heavy atom. The Kier molecular flexibility index (Phi) is 3.82. The molecule has 0 saturated heterocycles. The Balaban J connectivity index is 1.98. The van der Waals surface area contributed by atoms with Crippen LogP contribution >= 0.6 is 0 Å². The van der Waals surface area contributed by atoms with Crippen molar-refractivity contribution < 1.29 is 4.79 Å². The highest BCUT2D eigenvalue weighted by Crippen LogP contribution is 2.23. The molecule has 2 atom stereocenters. The second kappa shape index (κ2) is 5.35. The number of rotatable bonds is 2. The van der Waals surface area contributed by atoms with Gasteiger partial charge in [-0.05, 0) is 37.8 Å². The fourth-order valence-corrected chi connectivity index (χ4v) is 2.49. The van der Waals surface area contributed by atoms with E-state index in [1.165, 1.54) is 24.8 Å². The quantitative estimate of drug-likeness (QED) is 0.831. The van der Waals surface area contributed by atoms with Gasteiger partial charge in [0.2, 0.25) is 0 Å². The summed E-state index contributed by atoms with van der Waals surface area (Å²) in [6.45, 7) is 4.27. The number of hydrogen-bond acceptors (Lipinski definition) is 1. The van der Waals surface area contributed by atoms with Gasteiger partial charge in [0.1, 0.15) is 0 Å². The summed E-state index contributed by atoms with van der Waals surface area (Å²) in [5, 5.41) is 3.17. The average Bonchev–Trinajstić information content (AvgIpc) is 2.33. The number of nitrogens with one attached hydrogen (secondary N) is 1. The minimum atomic E-state index is 0.0729. The molecule has 1 aliphatic carbocycles. The van der Waals surface area contributed by atoms with E-state index in [1.807, 2.05) is 31.2 Å². The van der Waals surface area contributed by atoms with Crippen molar-refractivity contribution in [2.24, 2.45) is 5.92 Å². The van der Waals surface area contributed by atoms with E-state index in [9.17, 15) is 4.79 Å². The first-order chi connectivity index (χ1) is 8.16. The summed E-state index contributed by atoms with van der Waals surface area (Å²) in [6, 6.07) is 8.13. The molecule has 1 aromatic carbocycles. The van der Waals surface area contributed by atoms with Crippen molar-refractivity contribution in [2.45, 2.75) is 45.6 Å². The molecule has 0 aromatic heterocycles. The third kappa shape index (κ3) is 3.09. The van der Waals surface area contributed by atoms with Crippen LogP contribution in [0, 0.1) is 12.8 Å². The van der Waals surface area contributed by atoms with Gasteiger partial charge in [0.05, 0.1) is 0 Å². The van der Waals surface area contributed by atoms with Crippen LogP contribution in [0.15, 0.2) is 24.3 Å². The first kappa shape index (κ1) is 12.2. The Bertz CT molecular complexity index is 382. The molecule has 1 aromatic rings. The van der Waals surface area contributed by atoms with E-state index < -0.39 is 0 Å². The Labute approximate surface area is 103 Å². The summed E-state index contributed by atoms with van der Waals surface area (Å²) in [5.41, 5.74) is 1.96. The van der Waals surface area contributed by atoms with E-state index in [0.29, 0.717) is 12.0 Å². The highest BCUT2D eigenvalue weighted by Gasteiger charge is 2.22. The normalized spacial score (nSPS) is 24.4. The van der Waals surface area contributed by atoms with Crippen LogP contribution in [0.25, 0.3) is 0 Å². The van der Waals surface area contributed by atoms with Crippen LogP contribution in [0.4, 0.5) is 0 Å².